The van der Waals surface area contributed by atoms with Gasteiger partial charge >= 0.3 is 0 Å². The van der Waals surface area contributed by atoms with Crippen LogP contribution in [0.1, 0.15) is 36.2 Å². The van der Waals surface area contributed by atoms with Crippen molar-refractivity contribution in [3.05, 3.63) is 44.3 Å². The number of anilines is 1. The second-order valence-corrected chi connectivity index (χ2v) is 6.29. The number of aryl methyl sites for hydroxylation is 2. The van der Waals surface area contributed by atoms with Crippen molar-refractivity contribution in [2.75, 3.05) is 5.32 Å². The van der Waals surface area contributed by atoms with E-state index in [4.69, 9.17) is 0 Å². The fourth-order valence-corrected chi connectivity index (χ4v) is 3.00. The van der Waals surface area contributed by atoms with Gasteiger partial charge in [0.15, 0.2) is 0 Å². The van der Waals surface area contributed by atoms with Gasteiger partial charge in [0.25, 0.3) is 0 Å². The van der Waals surface area contributed by atoms with E-state index in [1.807, 2.05) is 6.92 Å². The van der Waals surface area contributed by atoms with Gasteiger partial charge < -0.3 is 5.32 Å². The van der Waals surface area contributed by atoms with Crippen molar-refractivity contribution < 1.29 is 0 Å². The third-order valence-corrected chi connectivity index (χ3v) is 4.19. The molecule has 96 valence electrons. The van der Waals surface area contributed by atoms with Gasteiger partial charge in [-0.2, -0.15) is 0 Å². The van der Waals surface area contributed by atoms with E-state index >= 15 is 0 Å². The van der Waals surface area contributed by atoms with Gasteiger partial charge in [-0.15, -0.1) is 11.3 Å². The maximum Gasteiger partial charge on any atom is 0.0898 e. The quantitative estimate of drug-likeness (QED) is 0.860. The number of hydrogen-bond donors (Lipinski definition) is 1. The van der Waals surface area contributed by atoms with Crippen molar-refractivity contribution in [1.29, 1.82) is 0 Å². The van der Waals surface area contributed by atoms with E-state index < -0.39 is 0 Å². The molecule has 1 N–H and O–H groups in total. The average molecular weight is 325 g/mol. The zero-order valence-corrected chi connectivity index (χ0v) is 13.2. The summed E-state index contributed by atoms with van der Waals surface area (Å²) in [6.45, 7) is 6.36. The average Bonchev–Trinajstić information content (AvgIpc) is 2.78. The highest BCUT2D eigenvalue weighted by atomic mass is 79.9. The van der Waals surface area contributed by atoms with Crippen LogP contribution < -0.4 is 5.32 Å². The first-order valence-corrected chi connectivity index (χ1v) is 7.74. The molecule has 0 aliphatic rings. The first-order valence-electron chi connectivity index (χ1n) is 6.07. The molecule has 2 rings (SSSR count). The Bertz CT molecular complexity index is 536. The van der Waals surface area contributed by atoms with Gasteiger partial charge in [-0.25, -0.2) is 4.98 Å². The standard InChI is InChI=1S/C14H17BrN2S/c1-4-11-7-12(15)5-6-13(11)16-9(2)14-8-18-10(3)17-14/h5-9,16H,4H2,1-3H3. The van der Waals surface area contributed by atoms with E-state index in [1.54, 1.807) is 11.3 Å². The Labute approximate surface area is 121 Å². The van der Waals surface area contributed by atoms with Gasteiger partial charge in [-0.1, -0.05) is 22.9 Å². The Morgan fingerprint density at radius 1 is 1.44 bits per heavy atom. The van der Waals surface area contributed by atoms with Crippen LogP contribution >= 0.6 is 27.3 Å². The number of halogens is 1. The lowest BCUT2D eigenvalue weighted by Gasteiger charge is -2.16. The summed E-state index contributed by atoms with van der Waals surface area (Å²) in [4.78, 5) is 4.53. The van der Waals surface area contributed by atoms with Gasteiger partial charge in [-0.05, 0) is 44.0 Å². The molecule has 1 atom stereocenters. The van der Waals surface area contributed by atoms with Crippen LogP contribution in [0.4, 0.5) is 5.69 Å². The fourth-order valence-electron chi connectivity index (χ4n) is 1.88. The van der Waals surface area contributed by atoms with E-state index in [-0.39, 0.29) is 6.04 Å². The molecule has 1 aromatic carbocycles. The summed E-state index contributed by atoms with van der Waals surface area (Å²) in [7, 11) is 0. The van der Waals surface area contributed by atoms with Crippen molar-refractivity contribution in [2.24, 2.45) is 0 Å². The molecule has 0 aliphatic carbocycles. The number of nitrogens with zero attached hydrogens (tertiary/aromatic N) is 1. The van der Waals surface area contributed by atoms with Gasteiger partial charge in [0.1, 0.15) is 0 Å². The molecule has 0 spiro atoms. The molecule has 2 aromatic rings. The van der Waals surface area contributed by atoms with Crippen LogP contribution in [0.25, 0.3) is 0 Å². The molecule has 0 fully saturated rings. The Morgan fingerprint density at radius 3 is 2.83 bits per heavy atom. The van der Waals surface area contributed by atoms with Gasteiger partial charge in [0.05, 0.1) is 16.7 Å². The molecule has 0 aliphatic heterocycles. The van der Waals surface area contributed by atoms with Crippen molar-refractivity contribution in [3.63, 3.8) is 0 Å². The SMILES string of the molecule is CCc1cc(Br)ccc1NC(C)c1csc(C)n1. The maximum atomic E-state index is 4.53. The Hall–Kier alpha value is -0.870. The van der Waals surface area contributed by atoms with E-state index in [2.05, 4.69) is 63.7 Å². The maximum absolute atomic E-state index is 4.53. The first-order chi connectivity index (χ1) is 8.60. The van der Waals surface area contributed by atoms with Crippen LogP contribution in [0.5, 0.6) is 0 Å². The predicted molar refractivity (Wildman–Crippen MR) is 82.4 cm³/mol. The van der Waals surface area contributed by atoms with E-state index in [1.165, 1.54) is 11.3 Å². The van der Waals surface area contributed by atoms with Crippen LogP contribution in [-0.2, 0) is 6.42 Å². The lowest BCUT2D eigenvalue weighted by molar-refractivity contribution is 0.841. The Balaban J connectivity index is 2.18. The minimum absolute atomic E-state index is 0.237. The van der Waals surface area contributed by atoms with E-state index in [0.29, 0.717) is 0 Å². The highest BCUT2D eigenvalue weighted by Crippen LogP contribution is 2.26. The summed E-state index contributed by atoms with van der Waals surface area (Å²) in [5.74, 6) is 0. The molecular formula is C14H17BrN2S. The fraction of sp³-hybridized carbons (Fsp3) is 0.357. The molecule has 0 radical (unpaired) electrons. The Morgan fingerprint density at radius 2 is 2.22 bits per heavy atom. The molecule has 0 saturated carbocycles. The molecule has 2 nitrogen and oxygen atoms in total. The summed E-state index contributed by atoms with van der Waals surface area (Å²) in [6, 6.07) is 6.60. The molecule has 1 aromatic heterocycles. The van der Waals surface area contributed by atoms with E-state index in [0.717, 1.165) is 21.6 Å². The highest BCUT2D eigenvalue weighted by molar-refractivity contribution is 9.10. The van der Waals surface area contributed by atoms with Crippen molar-refractivity contribution in [2.45, 2.75) is 33.2 Å². The minimum Gasteiger partial charge on any atom is -0.377 e. The number of rotatable bonds is 4. The second kappa shape index (κ2) is 5.85. The van der Waals surface area contributed by atoms with E-state index in [9.17, 15) is 0 Å². The number of hydrogen-bond acceptors (Lipinski definition) is 3. The van der Waals surface area contributed by atoms with Crippen LogP contribution in [0.3, 0.4) is 0 Å². The third kappa shape index (κ3) is 3.12. The zero-order valence-electron chi connectivity index (χ0n) is 10.8. The second-order valence-electron chi connectivity index (χ2n) is 4.31. The summed E-state index contributed by atoms with van der Waals surface area (Å²) < 4.78 is 1.13. The first kappa shape index (κ1) is 13.6. The minimum atomic E-state index is 0.237. The smallest absolute Gasteiger partial charge is 0.0898 e. The number of nitrogens with one attached hydrogen (secondary N) is 1. The summed E-state index contributed by atoms with van der Waals surface area (Å²) >= 11 is 5.21. The highest BCUT2D eigenvalue weighted by Gasteiger charge is 2.10. The largest absolute Gasteiger partial charge is 0.377 e. The van der Waals surface area contributed by atoms with Crippen molar-refractivity contribution in [1.82, 2.24) is 4.98 Å². The van der Waals surface area contributed by atoms with Crippen LogP contribution in [-0.4, -0.2) is 4.98 Å². The van der Waals surface area contributed by atoms with Crippen LogP contribution in [0.15, 0.2) is 28.1 Å². The molecule has 0 amide bonds. The summed E-state index contributed by atoms with van der Waals surface area (Å²) in [5.41, 5.74) is 3.63. The third-order valence-electron chi connectivity index (χ3n) is 2.90. The molecule has 1 heterocycles. The molecule has 0 saturated heterocycles. The molecular weight excluding hydrogens is 308 g/mol. The number of thiazole rings is 1. The Kier molecular flexibility index (Phi) is 4.40. The number of benzene rings is 1. The van der Waals surface area contributed by atoms with Crippen molar-refractivity contribution >= 4 is 33.0 Å². The van der Waals surface area contributed by atoms with Crippen LogP contribution in [0.2, 0.25) is 0 Å². The normalized spacial score (nSPS) is 12.4. The number of aromatic nitrogens is 1. The van der Waals surface area contributed by atoms with Crippen LogP contribution in [0, 0.1) is 6.92 Å². The van der Waals surface area contributed by atoms with Gasteiger partial charge in [-0.3, -0.25) is 0 Å². The molecule has 1 unspecified atom stereocenters. The molecule has 0 bridgehead atoms. The predicted octanol–water partition coefficient (Wildman–Crippen LogP) is 4.95. The van der Waals surface area contributed by atoms with Gasteiger partial charge in [0.2, 0.25) is 0 Å². The lowest BCUT2D eigenvalue weighted by atomic mass is 10.1. The molecule has 18 heavy (non-hydrogen) atoms. The summed E-state index contributed by atoms with van der Waals surface area (Å²) in [5, 5.41) is 6.78. The monoisotopic (exact) mass is 324 g/mol. The summed E-state index contributed by atoms with van der Waals surface area (Å²) in [6.07, 6.45) is 1.02. The van der Waals surface area contributed by atoms with Crippen molar-refractivity contribution in [3.8, 4) is 0 Å². The zero-order chi connectivity index (χ0) is 13.1. The van der Waals surface area contributed by atoms with Gasteiger partial charge in [0, 0.05) is 15.5 Å². The topological polar surface area (TPSA) is 24.9 Å². The molecule has 4 heteroatoms. The lowest BCUT2D eigenvalue weighted by Crippen LogP contribution is -2.08.